The van der Waals surface area contributed by atoms with Crippen LogP contribution >= 0.6 is 0 Å². The first-order chi connectivity index (χ1) is 8.36. The number of nitrogens with zero attached hydrogens (tertiary/aromatic N) is 3. The summed E-state index contributed by atoms with van der Waals surface area (Å²) in [5.74, 6) is -0.146. The van der Waals surface area contributed by atoms with Gasteiger partial charge in [0.1, 0.15) is 0 Å². The molecule has 0 aliphatic carbocycles. The molecule has 0 unspecified atom stereocenters. The molecule has 0 saturated carbocycles. The summed E-state index contributed by atoms with van der Waals surface area (Å²) in [6.07, 6.45) is 0. The van der Waals surface area contributed by atoms with Gasteiger partial charge >= 0.3 is 5.97 Å². The molecular weight excluding hydrogens is 234 g/mol. The Labute approximate surface area is 107 Å². The highest BCUT2D eigenvalue weighted by molar-refractivity contribution is 5.69. The van der Waals surface area contributed by atoms with Crippen molar-refractivity contribution in [2.45, 2.75) is 33.4 Å². The van der Waals surface area contributed by atoms with Gasteiger partial charge in [-0.25, -0.2) is 4.68 Å². The Bertz CT molecular complexity index is 426. The molecule has 0 saturated heterocycles. The van der Waals surface area contributed by atoms with Crippen LogP contribution in [0.25, 0.3) is 0 Å². The van der Waals surface area contributed by atoms with Gasteiger partial charge in [0.25, 0.3) is 0 Å². The third-order valence-electron chi connectivity index (χ3n) is 2.91. The summed E-state index contributed by atoms with van der Waals surface area (Å²) in [7, 11) is 3.41. The van der Waals surface area contributed by atoms with Gasteiger partial charge in [-0.1, -0.05) is 0 Å². The van der Waals surface area contributed by atoms with Crippen molar-refractivity contribution >= 4 is 5.97 Å². The number of aryl methyl sites for hydroxylation is 2. The SMILES string of the molecule is COc1c(CN(CC(=O)O)C(C)C)c(C)nn1C. The Morgan fingerprint density at radius 2 is 2.17 bits per heavy atom. The number of aromatic nitrogens is 2. The quantitative estimate of drug-likeness (QED) is 0.822. The van der Waals surface area contributed by atoms with Crippen LogP contribution < -0.4 is 4.74 Å². The van der Waals surface area contributed by atoms with Crippen LogP contribution in [0.1, 0.15) is 25.1 Å². The Hall–Kier alpha value is -1.56. The number of hydrogen-bond acceptors (Lipinski definition) is 4. The molecule has 102 valence electrons. The van der Waals surface area contributed by atoms with Crippen molar-refractivity contribution in [1.82, 2.24) is 14.7 Å². The highest BCUT2D eigenvalue weighted by atomic mass is 16.5. The average molecular weight is 255 g/mol. The lowest BCUT2D eigenvalue weighted by Crippen LogP contribution is -2.35. The highest BCUT2D eigenvalue weighted by Crippen LogP contribution is 2.23. The van der Waals surface area contributed by atoms with E-state index in [0.29, 0.717) is 12.4 Å². The van der Waals surface area contributed by atoms with Crippen LogP contribution in [0.4, 0.5) is 0 Å². The summed E-state index contributed by atoms with van der Waals surface area (Å²) in [6, 6.07) is 0.144. The maximum atomic E-state index is 10.9. The van der Waals surface area contributed by atoms with Crippen molar-refractivity contribution in [3.63, 3.8) is 0 Å². The Morgan fingerprint density at radius 3 is 2.61 bits per heavy atom. The largest absolute Gasteiger partial charge is 0.481 e. The zero-order valence-electron chi connectivity index (χ0n) is 11.6. The van der Waals surface area contributed by atoms with Crippen LogP contribution in [0.3, 0.4) is 0 Å². The molecule has 0 aliphatic heterocycles. The molecule has 6 nitrogen and oxygen atoms in total. The van der Waals surface area contributed by atoms with E-state index in [-0.39, 0.29) is 12.6 Å². The number of carbonyl (C=O) groups is 1. The fraction of sp³-hybridized carbons (Fsp3) is 0.667. The minimum Gasteiger partial charge on any atom is -0.481 e. The Balaban J connectivity index is 2.96. The summed E-state index contributed by atoms with van der Waals surface area (Å²) in [5, 5.41) is 13.2. The van der Waals surface area contributed by atoms with E-state index in [0.717, 1.165) is 11.3 Å². The molecule has 1 heterocycles. The number of carboxylic acids is 1. The number of ether oxygens (including phenoxy) is 1. The molecule has 1 rings (SSSR count). The maximum absolute atomic E-state index is 10.9. The third-order valence-corrected chi connectivity index (χ3v) is 2.91. The fourth-order valence-corrected chi connectivity index (χ4v) is 1.92. The average Bonchev–Trinajstić information content (AvgIpc) is 2.51. The van der Waals surface area contributed by atoms with E-state index in [1.807, 2.05) is 32.7 Å². The van der Waals surface area contributed by atoms with E-state index in [1.54, 1.807) is 11.8 Å². The van der Waals surface area contributed by atoms with Gasteiger partial charge < -0.3 is 9.84 Å². The van der Waals surface area contributed by atoms with Gasteiger partial charge in [0.05, 0.1) is 24.9 Å². The summed E-state index contributed by atoms with van der Waals surface area (Å²) >= 11 is 0. The topological polar surface area (TPSA) is 67.6 Å². The monoisotopic (exact) mass is 255 g/mol. The first-order valence-electron chi connectivity index (χ1n) is 5.89. The Kier molecular flexibility index (Phi) is 4.72. The minimum atomic E-state index is -0.829. The number of rotatable bonds is 6. The summed E-state index contributed by atoms with van der Waals surface area (Å²) < 4.78 is 6.98. The highest BCUT2D eigenvalue weighted by Gasteiger charge is 2.20. The Morgan fingerprint density at radius 1 is 1.56 bits per heavy atom. The lowest BCUT2D eigenvalue weighted by molar-refractivity contribution is -0.139. The molecule has 1 aromatic heterocycles. The molecule has 0 radical (unpaired) electrons. The van der Waals surface area contributed by atoms with Crippen molar-refractivity contribution in [2.24, 2.45) is 7.05 Å². The van der Waals surface area contributed by atoms with Crippen LogP contribution in [-0.4, -0.2) is 45.5 Å². The van der Waals surface area contributed by atoms with Crippen LogP contribution in [0, 0.1) is 6.92 Å². The van der Waals surface area contributed by atoms with E-state index >= 15 is 0 Å². The predicted octanol–water partition coefficient (Wildman–Crippen LogP) is 1.03. The number of aliphatic carboxylic acids is 1. The van der Waals surface area contributed by atoms with Gasteiger partial charge in [-0.3, -0.25) is 9.69 Å². The van der Waals surface area contributed by atoms with E-state index in [1.165, 1.54) is 0 Å². The second-order valence-electron chi connectivity index (χ2n) is 4.59. The van der Waals surface area contributed by atoms with Crippen molar-refractivity contribution in [3.05, 3.63) is 11.3 Å². The van der Waals surface area contributed by atoms with Gasteiger partial charge in [0, 0.05) is 19.6 Å². The number of hydrogen-bond donors (Lipinski definition) is 1. The third kappa shape index (κ3) is 3.22. The minimum absolute atomic E-state index is 0.00908. The molecule has 18 heavy (non-hydrogen) atoms. The molecule has 0 aliphatic rings. The predicted molar refractivity (Wildman–Crippen MR) is 67.7 cm³/mol. The molecule has 1 N–H and O–H groups in total. The van der Waals surface area contributed by atoms with Gasteiger partial charge in [-0.05, 0) is 20.8 Å². The van der Waals surface area contributed by atoms with Gasteiger partial charge in [-0.15, -0.1) is 0 Å². The van der Waals surface area contributed by atoms with Crippen LogP contribution in [0.5, 0.6) is 5.88 Å². The van der Waals surface area contributed by atoms with Crippen molar-refractivity contribution in [3.8, 4) is 5.88 Å². The second-order valence-corrected chi connectivity index (χ2v) is 4.59. The molecule has 0 fully saturated rings. The van der Waals surface area contributed by atoms with Crippen molar-refractivity contribution in [2.75, 3.05) is 13.7 Å². The van der Waals surface area contributed by atoms with E-state index in [4.69, 9.17) is 9.84 Å². The van der Waals surface area contributed by atoms with Crippen molar-refractivity contribution < 1.29 is 14.6 Å². The zero-order chi connectivity index (χ0) is 13.9. The van der Waals surface area contributed by atoms with E-state index < -0.39 is 5.97 Å². The standard InChI is InChI=1S/C12H21N3O3/c1-8(2)15(7-11(16)17)6-10-9(3)13-14(4)12(10)18-5/h8H,6-7H2,1-5H3,(H,16,17). The normalized spacial score (nSPS) is 11.3. The van der Waals surface area contributed by atoms with Crippen LogP contribution in [0.15, 0.2) is 0 Å². The van der Waals surface area contributed by atoms with Gasteiger partial charge in [0.15, 0.2) is 0 Å². The first kappa shape index (κ1) is 14.5. The summed E-state index contributed by atoms with van der Waals surface area (Å²) in [6.45, 7) is 6.38. The molecule has 6 heteroatoms. The molecule has 0 aromatic carbocycles. The van der Waals surface area contributed by atoms with Gasteiger partial charge in [-0.2, -0.15) is 5.10 Å². The summed E-state index contributed by atoms with van der Waals surface area (Å²) in [5.41, 5.74) is 1.81. The zero-order valence-corrected chi connectivity index (χ0v) is 11.6. The number of methoxy groups -OCH3 is 1. The smallest absolute Gasteiger partial charge is 0.317 e. The number of carboxylic acid groups (broad SMARTS) is 1. The van der Waals surface area contributed by atoms with E-state index in [9.17, 15) is 4.79 Å². The first-order valence-corrected chi connectivity index (χ1v) is 5.89. The van der Waals surface area contributed by atoms with Crippen LogP contribution in [0.2, 0.25) is 0 Å². The van der Waals surface area contributed by atoms with Crippen molar-refractivity contribution in [1.29, 1.82) is 0 Å². The molecular formula is C12H21N3O3. The van der Waals surface area contributed by atoms with Gasteiger partial charge in [0.2, 0.25) is 5.88 Å². The molecule has 0 amide bonds. The lowest BCUT2D eigenvalue weighted by Gasteiger charge is -2.24. The molecule has 0 spiro atoms. The molecule has 1 aromatic rings. The molecule has 0 atom stereocenters. The van der Waals surface area contributed by atoms with E-state index in [2.05, 4.69) is 5.10 Å². The second kappa shape index (κ2) is 5.86. The molecule has 0 bridgehead atoms. The van der Waals surface area contributed by atoms with Crippen LogP contribution in [-0.2, 0) is 18.4 Å². The summed E-state index contributed by atoms with van der Waals surface area (Å²) in [4.78, 5) is 12.7. The maximum Gasteiger partial charge on any atom is 0.317 e. The lowest BCUT2D eigenvalue weighted by atomic mass is 10.2. The fourth-order valence-electron chi connectivity index (χ4n) is 1.92.